The maximum atomic E-state index is 12.5. The fourth-order valence-corrected chi connectivity index (χ4v) is 4.10. The second-order valence-corrected chi connectivity index (χ2v) is 6.98. The lowest BCUT2D eigenvalue weighted by Crippen LogP contribution is -2.37. The van der Waals surface area contributed by atoms with Crippen molar-refractivity contribution >= 4 is 23.2 Å². The Morgan fingerprint density at radius 1 is 1.09 bits per heavy atom. The number of hydrogen-bond acceptors (Lipinski definition) is 3. The van der Waals surface area contributed by atoms with Crippen LogP contribution < -0.4 is 11.1 Å². The standard InChI is InChI=1S/C18H20N2O2S/c19-17(21)16(12-7-3-1-4-8-12)20-18(22)15-11-13-9-5-2-6-10-14(13)23-15/h1,3-4,7-8,11,16H,2,5-6,9-10H2,(H2,19,21)(H,20,22)/t16-/m0/s1. The van der Waals surface area contributed by atoms with E-state index in [0.717, 1.165) is 12.8 Å². The second kappa shape index (κ2) is 6.96. The van der Waals surface area contributed by atoms with E-state index >= 15 is 0 Å². The largest absolute Gasteiger partial charge is 0.368 e. The Morgan fingerprint density at radius 2 is 1.83 bits per heavy atom. The van der Waals surface area contributed by atoms with Crippen LogP contribution >= 0.6 is 11.3 Å². The molecular weight excluding hydrogens is 308 g/mol. The number of nitrogens with two attached hydrogens (primary N) is 1. The molecule has 0 saturated carbocycles. The minimum absolute atomic E-state index is 0.226. The SMILES string of the molecule is NC(=O)[C@@H](NC(=O)c1cc2c(s1)CCCCC2)c1ccccc1. The van der Waals surface area contributed by atoms with Gasteiger partial charge in [0.25, 0.3) is 5.91 Å². The first-order chi connectivity index (χ1) is 11.1. The van der Waals surface area contributed by atoms with Gasteiger partial charge in [-0.2, -0.15) is 0 Å². The van der Waals surface area contributed by atoms with Crippen LogP contribution in [0.4, 0.5) is 0 Å². The monoisotopic (exact) mass is 328 g/mol. The predicted molar refractivity (Wildman–Crippen MR) is 91.4 cm³/mol. The number of hydrogen-bond donors (Lipinski definition) is 2. The maximum Gasteiger partial charge on any atom is 0.262 e. The molecule has 1 aliphatic carbocycles. The molecule has 0 aliphatic heterocycles. The van der Waals surface area contributed by atoms with Crippen LogP contribution in [0.25, 0.3) is 0 Å². The topological polar surface area (TPSA) is 72.2 Å². The Morgan fingerprint density at radius 3 is 2.57 bits per heavy atom. The predicted octanol–water partition coefficient (Wildman–Crippen LogP) is 2.97. The Hall–Kier alpha value is -2.14. The van der Waals surface area contributed by atoms with Crippen LogP contribution in [0.5, 0.6) is 0 Å². The van der Waals surface area contributed by atoms with E-state index in [-0.39, 0.29) is 5.91 Å². The van der Waals surface area contributed by atoms with E-state index in [0.29, 0.717) is 10.4 Å². The molecule has 0 radical (unpaired) electrons. The minimum atomic E-state index is -0.800. The minimum Gasteiger partial charge on any atom is -0.368 e. The normalized spacial score (nSPS) is 15.3. The van der Waals surface area contributed by atoms with Gasteiger partial charge in [-0.1, -0.05) is 36.8 Å². The van der Waals surface area contributed by atoms with Crippen molar-refractivity contribution in [3.8, 4) is 0 Å². The third kappa shape index (κ3) is 3.62. The van der Waals surface area contributed by atoms with Crippen molar-refractivity contribution < 1.29 is 9.59 Å². The van der Waals surface area contributed by atoms with Gasteiger partial charge in [0.05, 0.1) is 4.88 Å². The molecule has 0 saturated heterocycles. The van der Waals surface area contributed by atoms with E-state index < -0.39 is 11.9 Å². The van der Waals surface area contributed by atoms with Crippen molar-refractivity contribution in [2.24, 2.45) is 5.73 Å². The molecule has 5 heteroatoms. The summed E-state index contributed by atoms with van der Waals surface area (Å²) in [5.74, 6) is -0.779. The second-order valence-electron chi connectivity index (χ2n) is 5.84. The quantitative estimate of drug-likeness (QED) is 0.847. The van der Waals surface area contributed by atoms with Crippen molar-refractivity contribution in [2.45, 2.75) is 38.1 Å². The Bertz CT molecular complexity index is 686. The lowest BCUT2D eigenvalue weighted by atomic mass is 10.1. The number of aryl methyl sites for hydroxylation is 2. The van der Waals surface area contributed by atoms with Crippen molar-refractivity contribution in [2.75, 3.05) is 0 Å². The summed E-state index contributed by atoms with van der Waals surface area (Å²) in [6.45, 7) is 0. The van der Waals surface area contributed by atoms with Gasteiger partial charge in [-0.25, -0.2) is 0 Å². The number of carbonyl (C=O) groups is 2. The number of carbonyl (C=O) groups excluding carboxylic acids is 2. The average molecular weight is 328 g/mol. The molecule has 1 atom stereocenters. The number of fused-ring (bicyclic) bond motifs is 1. The zero-order chi connectivity index (χ0) is 16.2. The Labute approximate surface area is 139 Å². The van der Waals surface area contributed by atoms with Crippen LogP contribution in [0.1, 0.15) is 51.0 Å². The van der Waals surface area contributed by atoms with Gasteiger partial charge in [0, 0.05) is 4.88 Å². The van der Waals surface area contributed by atoms with Gasteiger partial charge in [-0.05, 0) is 42.9 Å². The van der Waals surface area contributed by atoms with Gasteiger partial charge in [0.2, 0.25) is 5.91 Å². The molecule has 1 heterocycles. The first kappa shape index (κ1) is 15.7. The number of rotatable bonds is 4. The summed E-state index contributed by atoms with van der Waals surface area (Å²) in [6.07, 6.45) is 5.70. The number of amides is 2. The van der Waals surface area contributed by atoms with Crippen molar-refractivity contribution in [3.05, 3.63) is 57.3 Å². The number of nitrogens with one attached hydrogen (secondary N) is 1. The van der Waals surface area contributed by atoms with E-state index in [9.17, 15) is 9.59 Å². The number of benzene rings is 1. The summed E-state index contributed by atoms with van der Waals surface area (Å²) in [6, 6.07) is 10.3. The highest BCUT2D eigenvalue weighted by molar-refractivity contribution is 7.14. The Kier molecular flexibility index (Phi) is 4.76. The molecule has 3 N–H and O–H groups in total. The first-order valence-corrected chi connectivity index (χ1v) is 8.73. The van der Waals surface area contributed by atoms with Crippen LogP contribution in [0.2, 0.25) is 0 Å². The van der Waals surface area contributed by atoms with E-state index in [1.165, 1.54) is 29.7 Å². The number of thiophene rings is 1. The van der Waals surface area contributed by atoms with Gasteiger partial charge in [-0.15, -0.1) is 11.3 Å². The highest BCUT2D eigenvalue weighted by Crippen LogP contribution is 2.29. The molecule has 120 valence electrons. The van der Waals surface area contributed by atoms with Crippen LogP contribution in [-0.4, -0.2) is 11.8 Å². The van der Waals surface area contributed by atoms with Crippen LogP contribution in [0.3, 0.4) is 0 Å². The summed E-state index contributed by atoms with van der Waals surface area (Å²) in [5.41, 5.74) is 7.45. The molecular formula is C18H20N2O2S. The van der Waals surface area contributed by atoms with Gasteiger partial charge in [-0.3, -0.25) is 9.59 Å². The summed E-state index contributed by atoms with van der Waals surface area (Å²) in [5, 5.41) is 2.77. The molecule has 1 aromatic carbocycles. The zero-order valence-electron chi connectivity index (χ0n) is 12.9. The molecule has 0 spiro atoms. The van der Waals surface area contributed by atoms with Crippen molar-refractivity contribution in [3.63, 3.8) is 0 Å². The number of primary amides is 1. The average Bonchev–Trinajstić information content (AvgIpc) is 2.84. The first-order valence-electron chi connectivity index (χ1n) is 7.92. The molecule has 4 nitrogen and oxygen atoms in total. The van der Waals surface area contributed by atoms with Crippen LogP contribution in [0.15, 0.2) is 36.4 Å². The van der Waals surface area contributed by atoms with Crippen molar-refractivity contribution in [1.82, 2.24) is 5.32 Å². The van der Waals surface area contributed by atoms with Gasteiger partial charge < -0.3 is 11.1 Å². The summed E-state index contributed by atoms with van der Waals surface area (Å²) >= 11 is 1.54. The molecule has 0 fully saturated rings. The highest BCUT2D eigenvalue weighted by atomic mass is 32.1. The molecule has 0 unspecified atom stereocenters. The van der Waals surface area contributed by atoms with Gasteiger partial charge in [0.15, 0.2) is 0 Å². The van der Waals surface area contributed by atoms with Crippen molar-refractivity contribution in [1.29, 1.82) is 0 Å². The van der Waals surface area contributed by atoms with Crippen LogP contribution in [0, 0.1) is 0 Å². The molecule has 0 bridgehead atoms. The summed E-state index contributed by atoms with van der Waals surface area (Å²) in [7, 11) is 0. The molecule has 1 aromatic heterocycles. The van der Waals surface area contributed by atoms with Gasteiger partial charge in [0.1, 0.15) is 6.04 Å². The van der Waals surface area contributed by atoms with E-state index in [2.05, 4.69) is 5.32 Å². The van der Waals surface area contributed by atoms with E-state index in [1.54, 1.807) is 23.5 Å². The maximum absolute atomic E-state index is 12.5. The van der Waals surface area contributed by atoms with Crippen LogP contribution in [-0.2, 0) is 17.6 Å². The molecule has 2 amide bonds. The third-order valence-electron chi connectivity index (χ3n) is 4.16. The third-order valence-corrected chi connectivity index (χ3v) is 5.40. The smallest absolute Gasteiger partial charge is 0.262 e. The lowest BCUT2D eigenvalue weighted by molar-refractivity contribution is -0.120. The summed E-state index contributed by atoms with van der Waals surface area (Å²) in [4.78, 5) is 26.2. The Balaban J connectivity index is 1.78. The molecule has 3 rings (SSSR count). The van der Waals surface area contributed by atoms with E-state index in [4.69, 9.17) is 5.73 Å². The molecule has 2 aromatic rings. The molecule has 1 aliphatic rings. The van der Waals surface area contributed by atoms with E-state index in [1.807, 2.05) is 24.3 Å². The fourth-order valence-electron chi connectivity index (χ4n) is 2.95. The zero-order valence-corrected chi connectivity index (χ0v) is 13.7. The molecule has 23 heavy (non-hydrogen) atoms. The van der Waals surface area contributed by atoms with Gasteiger partial charge >= 0.3 is 0 Å². The fraction of sp³-hybridized carbons (Fsp3) is 0.333. The lowest BCUT2D eigenvalue weighted by Gasteiger charge is -2.15. The highest BCUT2D eigenvalue weighted by Gasteiger charge is 2.23. The summed E-state index contributed by atoms with van der Waals surface area (Å²) < 4.78 is 0.